The third-order valence-corrected chi connectivity index (χ3v) is 3.83. The summed E-state index contributed by atoms with van der Waals surface area (Å²) >= 11 is 0. The SMILES string of the molecule is Cc1c(C(=O)OCC(=O)NCC(F)(F)F)oc2c1ccc1ccccc12. The number of ether oxygens (including phenoxy) is 1. The Morgan fingerprint density at radius 1 is 1.12 bits per heavy atom. The van der Waals surface area contributed by atoms with Crippen molar-refractivity contribution in [3.05, 3.63) is 47.7 Å². The van der Waals surface area contributed by atoms with Gasteiger partial charge in [0.2, 0.25) is 5.76 Å². The minimum atomic E-state index is -4.53. The summed E-state index contributed by atoms with van der Waals surface area (Å²) in [6, 6.07) is 11.2. The number of nitrogens with one attached hydrogen (secondary N) is 1. The molecule has 3 aromatic rings. The normalized spacial score (nSPS) is 11.7. The van der Waals surface area contributed by atoms with Gasteiger partial charge in [0.25, 0.3) is 5.91 Å². The molecule has 1 N–H and O–H groups in total. The second-order valence-electron chi connectivity index (χ2n) is 5.69. The quantitative estimate of drug-likeness (QED) is 0.716. The number of esters is 1. The molecule has 0 bridgehead atoms. The zero-order chi connectivity index (χ0) is 18.9. The van der Waals surface area contributed by atoms with E-state index in [1.165, 1.54) is 0 Å². The number of amides is 1. The van der Waals surface area contributed by atoms with Crippen molar-refractivity contribution in [1.29, 1.82) is 0 Å². The molecule has 0 unspecified atom stereocenters. The highest BCUT2D eigenvalue weighted by Crippen LogP contribution is 2.32. The number of hydrogen-bond donors (Lipinski definition) is 1. The summed E-state index contributed by atoms with van der Waals surface area (Å²) in [5.41, 5.74) is 1.04. The van der Waals surface area contributed by atoms with E-state index in [0.29, 0.717) is 11.1 Å². The fourth-order valence-corrected chi connectivity index (χ4v) is 2.59. The van der Waals surface area contributed by atoms with Crippen LogP contribution < -0.4 is 5.32 Å². The summed E-state index contributed by atoms with van der Waals surface area (Å²) in [6.45, 7) is -0.647. The predicted molar refractivity (Wildman–Crippen MR) is 87.8 cm³/mol. The zero-order valence-corrected chi connectivity index (χ0v) is 13.6. The summed E-state index contributed by atoms with van der Waals surface area (Å²) in [4.78, 5) is 23.5. The Balaban J connectivity index is 1.77. The van der Waals surface area contributed by atoms with Crippen LogP contribution in [0.25, 0.3) is 21.7 Å². The van der Waals surface area contributed by atoms with E-state index in [4.69, 9.17) is 9.15 Å². The first kappa shape index (κ1) is 17.8. The number of carbonyl (C=O) groups is 2. The van der Waals surface area contributed by atoms with Gasteiger partial charge in [-0.2, -0.15) is 13.2 Å². The molecule has 26 heavy (non-hydrogen) atoms. The number of hydrogen-bond acceptors (Lipinski definition) is 4. The number of rotatable bonds is 4. The number of fused-ring (bicyclic) bond motifs is 3. The first-order valence-corrected chi connectivity index (χ1v) is 7.67. The van der Waals surface area contributed by atoms with E-state index in [-0.39, 0.29) is 5.76 Å². The number of halogens is 3. The summed E-state index contributed by atoms with van der Waals surface area (Å²) in [7, 11) is 0. The lowest BCUT2D eigenvalue weighted by Gasteiger charge is -2.08. The molecule has 1 aromatic heterocycles. The van der Waals surface area contributed by atoms with Crippen molar-refractivity contribution in [2.75, 3.05) is 13.2 Å². The maximum Gasteiger partial charge on any atom is 0.405 e. The van der Waals surface area contributed by atoms with Crippen LogP contribution in [0.1, 0.15) is 16.1 Å². The average Bonchev–Trinajstić information content (AvgIpc) is 2.94. The molecule has 0 saturated carbocycles. The molecule has 0 saturated heterocycles. The molecule has 0 atom stereocenters. The minimum Gasteiger partial charge on any atom is -0.450 e. The lowest BCUT2D eigenvalue weighted by molar-refractivity contribution is -0.140. The van der Waals surface area contributed by atoms with Gasteiger partial charge in [0.15, 0.2) is 6.61 Å². The fraction of sp³-hybridized carbons (Fsp3) is 0.222. The van der Waals surface area contributed by atoms with Crippen molar-refractivity contribution in [1.82, 2.24) is 5.32 Å². The second-order valence-corrected chi connectivity index (χ2v) is 5.69. The van der Waals surface area contributed by atoms with Crippen molar-refractivity contribution < 1.29 is 31.9 Å². The molecule has 136 valence electrons. The maximum absolute atomic E-state index is 12.2. The molecule has 0 radical (unpaired) electrons. The summed E-state index contributed by atoms with van der Waals surface area (Å²) in [6.07, 6.45) is -4.53. The zero-order valence-electron chi connectivity index (χ0n) is 13.6. The van der Waals surface area contributed by atoms with Crippen molar-refractivity contribution in [3.8, 4) is 0 Å². The number of alkyl halides is 3. The van der Waals surface area contributed by atoms with Gasteiger partial charge in [-0.25, -0.2) is 4.79 Å². The number of benzene rings is 2. The number of furan rings is 1. The Labute approximate surface area is 145 Å². The summed E-state index contributed by atoms with van der Waals surface area (Å²) < 4.78 is 46.5. The van der Waals surface area contributed by atoms with Crippen LogP contribution in [0.2, 0.25) is 0 Å². The Hall–Kier alpha value is -3.03. The molecule has 8 heteroatoms. The van der Waals surface area contributed by atoms with E-state index < -0.39 is 31.2 Å². The van der Waals surface area contributed by atoms with Gasteiger partial charge in [0.05, 0.1) is 0 Å². The predicted octanol–water partition coefficient (Wildman–Crippen LogP) is 3.73. The smallest absolute Gasteiger partial charge is 0.405 e. The molecule has 2 aromatic carbocycles. The molecule has 0 fully saturated rings. The highest BCUT2D eigenvalue weighted by Gasteiger charge is 2.28. The molecule has 0 aliphatic carbocycles. The number of aryl methyl sites for hydroxylation is 1. The van der Waals surface area contributed by atoms with Crippen LogP contribution in [0.3, 0.4) is 0 Å². The average molecular weight is 365 g/mol. The van der Waals surface area contributed by atoms with Crippen LogP contribution in [-0.4, -0.2) is 31.2 Å². The highest BCUT2D eigenvalue weighted by molar-refractivity contribution is 6.08. The molecule has 5 nitrogen and oxygen atoms in total. The third kappa shape index (κ3) is 3.63. The van der Waals surface area contributed by atoms with Crippen molar-refractivity contribution >= 4 is 33.6 Å². The van der Waals surface area contributed by atoms with E-state index in [1.54, 1.807) is 12.2 Å². The van der Waals surface area contributed by atoms with Gasteiger partial charge >= 0.3 is 12.1 Å². The first-order chi connectivity index (χ1) is 12.3. The topological polar surface area (TPSA) is 68.5 Å². The largest absolute Gasteiger partial charge is 0.450 e. The van der Waals surface area contributed by atoms with Gasteiger partial charge in [-0.15, -0.1) is 0 Å². The van der Waals surface area contributed by atoms with E-state index in [1.807, 2.05) is 36.4 Å². The Bertz CT molecular complexity index is 991. The Kier molecular flexibility index (Phi) is 4.58. The molecule has 0 spiro atoms. The molecule has 0 aliphatic heterocycles. The van der Waals surface area contributed by atoms with Crippen LogP contribution in [-0.2, 0) is 9.53 Å². The van der Waals surface area contributed by atoms with E-state index in [0.717, 1.165) is 16.2 Å². The second kappa shape index (κ2) is 6.70. The fourth-order valence-electron chi connectivity index (χ4n) is 2.59. The molecule has 0 aliphatic rings. The first-order valence-electron chi connectivity index (χ1n) is 7.67. The highest BCUT2D eigenvalue weighted by atomic mass is 19.4. The third-order valence-electron chi connectivity index (χ3n) is 3.83. The van der Waals surface area contributed by atoms with E-state index >= 15 is 0 Å². The van der Waals surface area contributed by atoms with Crippen LogP contribution in [0.5, 0.6) is 0 Å². The summed E-state index contributed by atoms with van der Waals surface area (Å²) in [5, 5.41) is 4.09. The number of carbonyl (C=O) groups excluding carboxylic acids is 2. The van der Waals surface area contributed by atoms with Gasteiger partial charge in [-0.3, -0.25) is 4.79 Å². The van der Waals surface area contributed by atoms with Crippen LogP contribution >= 0.6 is 0 Å². The van der Waals surface area contributed by atoms with Crippen LogP contribution in [0.4, 0.5) is 13.2 Å². The van der Waals surface area contributed by atoms with E-state index in [9.17, 15) is 22.8 Å². The maximum atomic E-state index is 12.2. The molecule has 1 amide bonds. The minimum absolute atomic E-state index is 0.0834. The van der Waals surface area contributed by atoms with E-state index in [2.05, 4.69) is 0 Å². The Morgan fingerprint density at radius 2 is 1.85 bits per heavy atom. The van der Waals surface area contributed by atoms with Gasteiger partial charge in [-0.05, 0) is 12.3 Å². The van der Waals surface area contributed by atoms with Crippen LogP contribution in [0.15, 0.2) is 40.8 Å². The van der Waals surface area contributed by atoms with Gasteiger partial charge < -0.3 is 14.5 Å². The van der Waals surface area contributed by atoms with Crippen molar-refractivity contribution in [2.45, 2.75) is 13.1 Å². The van der Waals surface area contributed by atoms with Gasteiger partial charge in [0.1, 0.15) is 12.1 Å². The molecular formula is C18H14F3NO4. The molecular weight excluding hydrogens is 351 g/mol. The van der Waals surface area contributed by atoms with Crippen molar-refractivity contribution in [2.24, 2.45) is 0 Å². The lowest BCUT2D eigenvalue weighted by atomic mass is 10.1. The molecule has 3 rings (SSSR count). The lowest BCUT2D eigenvalue weighted by Crippen LogP contribution is -2.36. The van der Waals surface area contributed by atoms with Crippen molar-refractivity contribution in [3.63, 3.8) is 0 Å². The monoisotopic (exact) mass is 365 g/mol. The van der Waals surface area contributed by atoms with Gasteiger partial charge in [0, 0.05) is 16.3 Å². The summed E-state index contributed by atoms with van der Waals surface area (Å²) in [5.74, 6) is -2.04. The standard InChI is InChI=1S/C18H14F3NO4/c1-10-12-7-6-11-4-2-3-5-13(11)16(12)26-15(10)17(24)25-8-14(23)22-9-18(19,20)21/h2-7H,8-9H2,1H3,(H,22,23). The molecule has 1 heterocycles. The Morgan fingerprint density at radius 3 is 2.58 bits per heavy atom. The van der Waals surface area contributed by atoms with Gasteiger partial charge in [-0.1, -0.05) is 36.4 Å². The van der Waals surface area contributed by atoms with Crippen LogP contribution in [0, 0.1) is 6.92 Å².